The minimum Gasteiger partial charge on any atom is -0.444 e. The summed E-state index contributed by atoms with van der Waals surface area (Å²) < 4.78 is 18.0. The van der Waals surface area contributed by atoms with Crippen molar-refractivity contribution in [3.05, 3.63) is 0 Å². The zero-order valence-electron chi connectivity index (χ0n) is 16.9. The fourth-order valence-electron chi connectivity index (χ4n) is 4.01. The van der Waals surface area contributed by atoms with Crippen LogP contribution in [0.4, 0.5) is 4.79 Å². The van der Waals surface area contributed by atoms with Crippen LogP contribution in [0.3, 0.4) is 0 Å². The number of carbonyl (C=O) groups is 1. The van der Waals surface area contributed by atoms with E-state index < -0.39 is 5.60 Å². The van der Waals surface area contributed by atoms with E-state index in [1.807, 2.05) is 25.7 Å². The third-order valence-electron chi connectivity index (χ3n) is 6.23. The number of amides is 1. The number of ether oxygens (including phenoxy) is 1. The Hall–Kier alpha value is -0.745. The Bertz CT molecular complexity index is 512. The molecule has 2 aliphatic heterocycles. The minimum atomic E-state index is -0.436. The van der Waals surface area contributed by atoms with Crippen molar-refractivity contribution in [1.82, 2.24) is 4.90 Å². The van der Waals surface area contributed by atoms with Crippen molar-refractivity contribution < 1.29 is 18.8 Å². The van der Waals surface area contributed by atoms with Crippen LogP contribution < -0.4 is 0 Å². The Kier molecular flexibility index (Phi) is 4.69. The summed E-state index contributed by atoms with van der Waals surface area (Å²) in [5.41, 5.74) is -0.964. The molecule has 6 heteroatoms. The van der Waals surface area contributed by atoms with E-state index in [0.717, 1.165) is 25.9 Å². The Labute approximate surface area is 152 Å². The van der Waals surface area contributed by atoms with Gasteiger partial charge in [-0.1, -0.05) is 0 Å². The van der Waals surface area contributed by atoms with Gasteiger partial charge in [0.25, 0.3) is 0 Å². The molecule has 142 valence electrons. The molecule has 0 aromatic carbocycles. The van der Waals surface area contributed by atoms with Crippen molar-refractivity contribution in [2.75, 3.05) is 13.1 Å². The van der Waals surface area contributed by atoms with E-state index in [9.17, 15) is 4.79 Å². The highest BCUT2D eigenvalue weighted by molar-refractivity contribution is 6.48. The number of likely N-dealkylation sites (tertiary alicyclic amines) is 1. The molecule has 1 amide bonds. The van der Waals surface area contributed by atoms with Gasteiger partial charge in [-0.25, -0.2) is 4.79 Å². The summed E-state index contributed by atoms with van der Waals surface area (Å²) in [6.07, 6.45) is 3.20. The number of carbonyl (C=O) groups excluding carboxylic acids is 1. The zero-order chi connectivity index (χ0) is 18.6. The van der Waals surface area contributed by atoms with Crippen molar-refractivity contribution in [3.63, 3.8) is 0 Å². The van der Waals surface area contributed by atoms with Crippen molar-refractivity contribution in [2.45, 2.75) is 90.3 Å². The molecule has 3 rings (SSSR count). The first-order chi connectivity index (χ1) is 11.4. The van der Waals surface area contributed by atoms with Gasteiger partial charge in [0.05, 0.1) is 11.2 Å². The quantitative estimate of drug-likeness (QED) is 0.703. The second-order valence-electron chi connectivity index (χ2n) is 10.0. The van der Waals surface area contributed by atoms with Gasteiger partial charge in [-0.3, -0.25) is 0 Å². The van der Waals surface area contributed by atoms with E-state index in [4.69, 9.17) is 14.0 Å². The highest BCUT2D eigenvalue weighted by Gasteiger charge is 2.61. The molecule has 3 unspecified atom stereocenters. The lowest BCUT2D eigenvalue weighted by Crippen LogP contribution is -2.43. The Morgan fingerprint density at radius 1 is 1.16 bits per heavy atom. The van der Waals surface area contributed by atoms with Crippen LogP contribution in [0.2, 0.25) is 5.82 Å². The van der Waals surface area contributed by atoms with Crippen LogP contribution in [-0.2, 0) is 14.0 Å². The van der Waals surface area contributed by atoms with E-state index in [2.05, 4.69) is 27.7 Å². The molecule has 0 spiro atoms. The highest BCUT2D eigenvalue weighted by Crippen LogP contribution is 2.57. The maximum atomic E-state index is 12.4. The van der Waals surface area contributed by atoms with Crippen molar-refractivity contribution in [2.24, 2.45) is 11.8 Å². The second-order valence-corrected chi connectivity index (χ2v) is 10.0. The van der Waals surface area contributed by atoms with Crippen LogP contribution in [0, 0.1) is 11.8 Å². The maximum absolute atomic E-state index is 12.4. The van der Waals surface area contributed by atoms with Crippen molar-refractivity contribution in [1.29, 1.82) is 0 Å². The molecule has 1 aliphatic carbocycles. The molecule has 25 heavy (non-hydrogen) atoms. The Morgan fingerprint density at radius 3 is 2.32 bits per heavy atom. The second kappa shape index (κ2) is 6.16. The van der Waals surface area contributed by atoms with Gasteiger partial charge >= 0.3 is 13.2 Å². The average molecular weight is 351 g/mol. The number of hydrogen-bond donors (Lipinski definition) is 0. The molecule has 0 bridgehead atoms. The third kappa shape index (κ3) is 4.00. The molecular formula is C19H34BNO4. The fraction of sp³-hybridized carbons (Fsp3) is 0.947. The number of rotatable bonds is 2. The Balaban J connectivity index is 1.55. The Morgan fingerprint density at radius 2 is 1.76 bits per heavy atom. The average Bonchev–Trinajstić information content (AvgIpc) is 3.20. The summed E-state index contributed by atoms with van der Waals surface area (Å²) in [5.74, 6) is 1.59. The maximum Gasteiger partial charge on any atom is 0.461 e. The van der Waals surface area contributed by atoms with E-state index >= 15 is 0 Å². The van der Waals surface area contributed by atoms with Crippen LogP contribution in [0.1, 0.15) is 67.7 Å². The molecule has 3 fully saturated rings. The van der Waals surface area contributed by atoms with E-state index in [1.165, 1.54) is 6.42 Å². The van der Waals surface area contributed by atoms with Gasteiger partial charge in [0.2, 0.25) is 0 Å². The first-order valence-electron chi connectivity index (χ1n) is 9.73. The standard InChI is InChI=1S/C19H34BNO4/c1-17(2,3)23-16(22)21-10-8-9-13(12-21)14-11-15(14)20-24-18(4,5)19(6,7)25-20/h13-15H,8-12H2,1-7H3. The summed E-state index contributed by atoms with van der Waals surface area (Å²) in [6.45, 7) is 15.8. The lowest BCUT2D eigenvalue weighted by molar-refractivity contribution is 0.00578. The summed E-state index contributed by atoms with van der Waals surface area (Å²) in [5, 5.41) is 0. The topological polar surface area (TPSA) is 48.0 Å². The molecule has 1 saturated carbocycles. The number of hydrogen-bond acceptors (Lipinski definition) is 4. The molecular weight excluding hydrogens is 317 g/mol. The minimum absolute atomic E-state index is 0.105. The highest BCUT2D eigenvalue weighted by atomic mass is 16.7. The predicted molar refractivity (Wildman–Crippen MR) is 98.5 cm³/mol. The first kappa shape index (κ1) is 19.0. The molecule has 0 N–H and O–H groups in total. The van der Waals surface area contributed by atoms with Gasteiger partial charge in [0.15, 0.2) is 0 Å². The summed E-state index contributed by atoms with van der Waals surface area (Å²) >= 11 is 0. The van der Waals surface area contributed by atoms with E-state index in [0.29, 0.717) is 17.7 Å². The largest absolute Gasteiger partial charge is 0.461 e. The summed E-state index contributed by atoms with van der Waals surface area (Å²) in [6, 6.07) is 0. The summed E-state index contributed by atoms with van der Waals surface area (Å²) in [7, 11) is -0.105. The SMILES string of the molecule is CC(C)(C)OC(=O)N1CCCC(C2CC2B2OC(C)(C)C(C)(C)O2)C1. The molecule has 3 aliphatic rings. The monoisotopic (exact) mass is 351 g/mol. The van der Waals surface area contributed by atoms with Crippen LogP contribution >= 0.6 is 0 Å². The number of nitrogens with zero attached hydrogens (tertiary/aromatic N) is 1. The van der Waals surface area contributed by atoms with Crippen molar-refractivity contribution >= 4 is 13.2 Å². The normalized spacial score (nSPS) is 34.1. The van der Waals surface area contributed by atoms with Gasteiger partial charge < -0.3 is 18.9 Å². The van der Waals surface area contributed by atoms with E-state index in [1.54, 1.807) is 0 Å². The molecule has 0 aromatic heterocycles. The van der Waals surface area contributed by atoms with Gasteiger partial charge in [-0.2, -0.15) is 0 Å². The zero-order valence-corrected chi connectivity index (χ0v) is 16.9. The van der Waals surface area contributed by atoms with E-state index in [-0.39, 0.29) is 24.4 Å². The third-order valence-corrected chi connectivity index (χ3v) is 6.23. The van der Waals surface area contributed by atoms with Gasteiger partial charge in [0, 0.05) is 13.1 Å². The number of piperidine rings is 1. The van der Waals surface area contributed by atoms with Gasteiger partial charge in [-0.15, -0.1) is 0 Å². The van der Waals surface area contributed by atoms with Crippen LogP contribution in [0.25, 0.3) is 0 Å². The van der Waals surface area contributed by atoms with Crippen LogP contribution in [0.15, 0.2) is 0 Å². The van der Waals surface area contributed by atoms with Gasteiger partial charge in [0.1, 0.15) is 5.60 Å². The fourth-order valence-corrected chi connectivity index (χ4v) is 4.01. The van der Waals surface area contributed by atoms with Crippen molar-refractivity contribution in [3.8, 4) is 0 Å². The lowest BCUT2D eigenvalue weighted by atomic mass is 9.77. The molecule has 5 nitrogen and oxygen atoms in total. The first-order valence-corrected chi connectivity index (χ1v) is 9.73. The molecule has 3 atom stereocenters. The molecule has 2 heterocycles. The van der Waals surface area contributed by atoms with Gasteiger partial charge in [-0.05, 0) is 85.4 Å². The molecule has 0 radical (unpaired) electrons. The van der Waals surface area contributed by atoms with Crippen LogP contribution in [0.5, 0.6) is 0 Å². The molecule has 0 aromatic rings. The summed E-state index contributed by atoms with van der Waals surface area (Å²) in [4.78, 5) is 14.3. The van der Waals surface area contributed by atoms with Crippen LogP contribution in [-0.4, -0.2) is 48.0 Å². The predicted octanol–water partition coefficient (Wildman–Crippen LogP) is 4.12. The lowest BCUT2D eigenvalue weighted by Gasteiger charge is -2.34. The molecule has 2 saturated heterocycles. The smallest absolute Gasteiger partial charge is 0.444 e.